The number of nitrogens with two attached hydrogens (primary N) is 1. The Kier molecular flexibility index (Phi) is 12.4. The molecule has 0 amide bonds. The van der Waals surface area contributed by atoms with Crippen molar-refractivity contribution in [1.29, 1.82) is 0 Å². The minimum absolute atomic E-state index is 0.285. The first-order valence-corrected chi connectivity index (χ1v) is 18.6. The minimum atomic E-state index is -1.21. The van der Waals surface area contributed by atoms with Crippen LogP contribution >= 0.6 is 0 Å². The molecule has 2 N–H and O–H groups in total. The average molecular weight is 675 g/mol. The number of carboxylic acid groups (broad SMARTS) is 1. The van der Waals surface area contributed by atoms with Gasteiger partial charge in [0.15, 0.2) is 0 Å². The third-order valence-electron chi connectivity index (χ3n) is 7.90. The molecule has 2 aliphatic carbocycles. The molecular weight excluding hydrogens is 630 g/mol. The molecule has 0 bridgehead atoms. The van der Waals surface area contributed by atoms with E-state index < -0.39 is 12.6 Å². The Morgan fingerprint density at radius 3 is 2.15 bits per heavy atom. The molecule has 5 rings (SSSR count). The van der Waals surface area contributed by atoms with Crippen LogP contribution in [0.1, 0.15) is 85.5 Å². The zero-order valence-electron chi connectivity index (χ0n) is 24.2. The second kappa shape index (κ2) is 15.9. The number of hydrogen-bond donors (Lipinski definition) is 1. The molecule has 2 fully saturated rings. The van der Waals surface area contributed by atoms with Gasteiger partial charge in [-0.05, 0) is 51.4 Å². The van der Waals surface area contributed by atoms with Gasteiger partial charge in [-0.25, -0.2) is 0 Å². The van der Waals surface area contributed by atoms with Crippen LogP contribution in [0, 0.1) is 20.8 Å². The van der Waals surface area contributed by atoms with Crippen molar-refractivity contribution in [3.05, 3.63) is 63.7 Å². The first-order chi connectivity index (χ1) is 19.4. The van der Waals surface area contributed by atoms with Crippen LogP contribution in [0.2, 0.25) is 0 Å². The summed E-state index contributed by atoms with van der Waals surface area (Å²) in [7, 11) is 0. The Hall–Kier alpha value is -1.88. The number of carboxylic acids is 1. The SMILES string of the molecule is C1CCC([NH2+]C2CCCCC2)CC1.Cc1ccc(-c2nc(C)c(C[Se]c3ccc(OCC(=O)[O-])c(C)c3)[se]2)cc1. The Morgan fingerprint density at radius 1 is 0.950 bits per heavy atom. The standard InChI is InChI=1S/C21H21NO3Se2.C12H23N/c1-13-4-6-16(7-5-13)21-22-15(3)19(27-21)12-26-17-8-9-18(14(2)10-17)25-11-20(23)24;1-3-7-11(8-4-1)13-12-9-5-2-6-10-12/h4-10H,11-12H2,1-3H3,(H,23,24);11-13H,1-10H2. The molecule has 0 unspecified atom stereocenters. The van der Waals surface area contributed by atoms with E-state index in [1.165, 1.54) is 88.8 Å². The number of aliphatic carboxylic acids is 1. The summed E-state index contributed by atoms with van der Waals surface area (Å²) in [5, 5.41) is 14.3. The first-order valence-electron chi connectivity index (χ1n) is 14.8. The summed E-state index contributed by atoms with van der Waals surface area (Å²) in [6.07, 6.45) is 15.0. The number of aromatic nitrogens is 1. The fourth-order valence-corrected chi connectivity index (χ4v) is 10.8. The van der Waals surface area contributed by atoms with Crippen LogP contribution in [0.4, 0.5) is 0 Å². The number of aryl methyl sites for hydroxylation is 3. The number of quaternary nitrogens is 1. The molecule has 0 atom stereocenters. The van der Waals surface area contributed by atoms with Gasteiger partial charge >= 0.3 is 172 Å². The summed E-state index contributed by atoms with van der Waals surface area (Å²) >= 11 is 0.599. The average Bonchev–Trinajstić information content (AvgIpc) is 3.33. The number of hydrogen-bond acceptors (Lipinski definition) is 4. The van der Waals surface area contributed by atoms with Crippen LogP contribution in [-0.4, -0.2) is 59.1 Å². The van der Waals surface area contributed by atoms with E-state index >= 15 is 0 Å². The van der Waals surface area contributed by atoms with Crippen LogP contribution < -0.4 is 19.6 Å². The maximum atomic E-state index is 10.5. The van der Waals surface area contributed by atoms with Gasteiger partial charge in [0.25, 0.3) is 0 Å². The maximum absolute atomic E-state index is 10.5. The number of ether oxygens (including phenoxy) is 1. The van der Waals surface area contributed by atoms with E-state index in [-0.39, 0.29) is 14.5 Å². The van der Waals surface area contributed by atoms with Crippen molar-refractivity contribution in [3.63, 3.8) is 0 Å². The van der Waals surface area contributed by atoms with Crippen molar-refractivity contribution in [1.82, 2.24) is 4.98 Å². The van der Waals surface area contributed by atoms with Gasteiger partial charge in [0.2, 0.25) is 0 Å². The molecule has 216 valence electrons. The van der Waals surface area contributed by atoms with Crippen molar-refractivity contribution < 1.29 is 20.0 Å². The van der Waals surface area contributed by atoms with E-state index in [9.17, 15) is 9.90 Å². The van der Waals surface area contributed by atoms with Gasteiger partial charge in [-0.1, -0.05) is 12.8 Å². The zero-order chi connectivity index (χ0) is 28.3. The van der Waals surface area contributed by atoms with E-state index in [2.05, 4.69) is 49.5 Å². The number of nitrogens with zero attached hydrogens (tertiary/aromatic N) is 1. The van der Waals surface area contributed by atoms with Gasteiger partial charge in [-0.15, -0.1) is 0 Å². The quantitative estimate of drug-likeness (QED) is 0.352. The van der Waals surface area contributed by atoms with Crippen LogP contribution in [0.15, 0.2) is 42.5 Å². The zero-order valence-corrected chi connectivity index (χ0v) is 27.7. The Balaban J connectivity index is 0.000000236. The van der Waals surface area contributed by atoms with Crippen molar-refractivity contribution in [2.75, 3.05) is 6.61 Å². The predicted octanol–water partition coefficient (Wildman–Crippen LogP) is 3.60. The molecule has 7 heteroatoms. The summed E-state index contributed by atoms with van der Waals surface area (Å²) in [5.74, 6) is -0.609. The van der Waals surface area contributed by atoms with E-state index in [1.54, 1.807) is 0 Å². The monoisotopic (exact) mass is 676 g/mol. The van der Waals surface area contributed by atoms with Gasteiger partial charge in [0.1, 0.15) is 0 Å². The van der Waals surface area contributed by atoms with Crippen molar-refractivity contribution in [2.45, 2.75) is 102 Å². The Bertz CT molecular complexity index is 1200. The second-order valence-corrected chi connectivity index (χ2v) is 15.7. The normalized spacial score (nSPS) is 16.3. The summed E-state index contributed by atoms with van der Waals surface area (Å²) in [6.45, 7) is 5.72. The fourth-order valence-electron chi connectivity index (χ4n) is 5.58. The first kappa shape index (κ1) is 31.1. The van der Waals surface area contributed by atoms with E-state index in [4.69, 9.17) is 9.72 Å². The summed E-state index contributed by atoms with van der Waals surface area (Å²) in [5.41, 5.74) is 4.61. The molecule has 40 heavy (non-hydrogen) atoms. The number of carbonyl (C=O) groups is 1. The molecule has 2 aliphatic rings. The van der Waals surface area contributed by atoms with E-state index in [0.29, 0.717) is 20.7 Å². The Labute approximate surface area is 252 Å². The molecule has 0 aliphatic heterocycles. The van der Waals surface area contributed by atoms with Gasteiger partial charge < -0.3 is 5.32 Å². The Morgan fingerprint density at radius 2 is 1.57 bits per heavy atom. The third kappa shape index (κ3) is 9.89. The molecule has 2 aromatic carbocycles. The molecule has 3 aromatic rings. The fraction of sp³-hybridized carbons (Fsp3) is 0.515. The number of carbonyl (C=O) groups excluding carboxylic acids is 1. The molecule has 2 saturated carbocycles. The van der Waals surface area contributed by atoms with Crippen LogP contribution in [0.3, 0.4) is 0 Å². The van der Waals surface area contributed by atoms with Crippen LogP contribution in [0.5, 0.6) is 5.75 Å². The molecule has 0 radical (unpaired) electrons. The molecule has 1 heterocycles. The van der Waals surface area contributed by atoms with Gasteiger partial charge in [0.05, 0.1) is 12.1 Å². The topological polar surface area (TPSA) is 78.9 Å². The molecule has 0 spiro atoms. The van der Waals surface area contributed by atoms with Crippen LogP contribution in [0.25, 0.3) is 10.1 Å². The summed E-state index contributed by atoms with van der Waals surface area (Å²) in [4.78, 5) is 15.3. The van der Waals surface area contributed by atoms with E-state index in [0.717, 1.165) is 28.7 Å². The summed E-state index contributed by atoms with van der Waals surface area (Å²) in [6, 6.07) is 16.5. The van der Waals surface area contributed by atoms with Crippen LogP contribution in [-0.2, 0) is 10.1 Å². The molecule has 0 saturated heterocycles. The third-order valence-corrected chi connectivity index (χ3v) is 13.5. The number of rotatable bonds is 9. The molecule has 5 nitrogen and oxygen atoms in total. The number of benzene rings is 2. The second-order valence-electron chi connectivity index (χ2n) is 11.3. The van der Waals surface area contributed by atoms with Crippen molar-refractivity contribution in [2.24, 2.45) is 0 Å². The van der Waals surface area contributed by atoms with Gasteiger partial charge in [-0.3, -0.25) is 0 Å². The van der Waals surface area contributed by atoms with Gasteiger partial charge in [-0.2, -0.15) is 0 Å². The van der Waals surface area contributed by atoms with E-state index in [1.807, 2.05) is 19.1 Å². The summed E-state index contributed by atoms with van der Waals surface area (Å²) < 4.78 is 9.20. The van der Waals surface area contributed by atoms with Crippen molar-refractivity contribution in [3.8, 4) is 15.9 Å². The molecular formula is C33H44N2O3Se2. The predicted molar refractivity (Wildman–Crippen MR) is 163 cm³/mol. The molecule has 1 aromatic heterocycles. The van der Waals surface area contributed by atoms with Gasteiger partial charge in [0, 0.05) is 0 Å². The van der Waals surface area contributed by atoms with Crippen molar-refractivity contribution >= 4 is 39.9 Å².